The largest absolute Gasteiger partial charge is 0.334 e. The van der Waals surface area contributed by atoms with Crippen molar-refractivity contribution in [3.8, 4) is 5.75 Å². The van der Waals surface area contributed by atoms with Gasteiger partial charge in [-0.2, -0.15) is 0 Å². The molecule has 0 unspecified atom stereocenters. The summed E-state index contributed by atoms with van der Waals surface area (Å²) in [6.45, 7) is 2.10. The highest BCUT2D eigenvalue weighted by atomic mass is 31.2. The predicted octanol–water partition coefficient (Wildman–Crippen LogP) is 11.1. The fourth-order valence-electron chi connectivity index (χ4n) is 8.15. The lowest BCUT2D eigenvalue weighted by Crippen LogP contribution is -2.81. The molecule has 0 atom stereocenters. The molecule has 0 saturated carbocycles. The second kappa shape index (κ2) is 20.0. The molecule has 0 aliphatic heterocycles. The monoisotopic (exact) mass is 1050 g/mol. The van der Waals surface area contributed by atoms with E-state index in [1.54, 1.807) is 0 Å². The van der Waals surface area contributed by atoms with Gasteiger partial charge in [-0.05, 0) is 55.5 Å². The third-order valence-corrected chi connectivity index (χ3v) is 14.9. The molecule has 72 heavy (non-hydrogen) atoms. The molecule has 0 N–H and O–H groups in total. The number of benzene rings is 8. The van der Waals surface area contributed by atoms with Crippen molar-refractivity contribution in [2.24, 2.45) is 0 Å². The molecule has 0 amide bonds. The fourth-order valence-corrected chi connectivity index (χ4v) is 11.6. The Kier molecular flexibility index (Phi) is 14.6. The zero-order valence-corrected chi connectivity index (χ0v) is 36.4. The Balaban J connectivity index is 0.000000238. The van der Waals surface area contributed by atoms with Gasteiger partial charge in [0.2, 0.25) is 0 Å². The SMILES string of the molecule is Cc1ccc(O[P+](c2ccccc2)(c2ccccc2)c2ccccc2)cc1.Fc1c(F)c(F)c([B-](c2c(F)c(F)c(F)c(F)c2F)(c2c(F)c(F)c(F)c(F)c2F)c2c(F)c(F)c(F)c(F)c2F)c(F)c1F. The van der Waals surface area contributed by atoms with E-state index < -0.39 is 152 Å². The van der Waals surface area contributed by atoms with Crippen molar-refractivity contribution in [2.45, 2.75) is 6.92 Å². The van der Waals surface area contributed by atoms with Gasteiger partial charge in [0, 0.05) is 0 Å². The molecule has 372 valence electrons. The van der Waals surface area contributed by atoms with Crippen LogP contribution in [-0.4, -0.2) is 6.15 Å². The molecule has 0 aliphatic carbocycles. The molecule has 0 heterocycles. The van der Waals surface area contributed by atoms with Gasteiger partial charge in [-0.1, -0.05) is 72.3 Å². The smallest absolute Gasteiger partial charge is 0.287 e. The predicted molar refractivity (Wildman–Crippen MR) is 226 cm³/mol. The van der Waals surface area contributed by atoms with E-state index >= 15 is 35.1 Å². The van der Waals surface area contributed by atoms with E-state index in [-0.39, 0.29) is 0 Å². The zero-order chi connectivity index (χ0) is 52.9. The van der Waals surface area contributed by atoms with Gasteiger partial charge in [0.05, 0.1) is 0 Å². The van der Waals surface area contributed by atoms with Crippen LogP contribution < -0.4 is 42.3 Å². The highest BCUT2D eigenvalue weighted by Gasteiger charge is 2.53. The van der Waals surface area contributed by atoms with Crippen molar-refractivity contribution in [3.05, 3.63) is 237 Å². The third-order valence-electron chi connectivity index (χ3n) is 11.3. The maximum Gasteiger partial charge on any atom is 0.287 e. The average molecular weight is 1050 g/mol. The maximum atomic E-state index is 15.4. The number of hydrogen-bond acceptors (Lipinski definition) is 1. The van der Waals surface area contributed by atoms with Crippen LogP contribution in [0.25, 0.3) is 0 Å². The summed E-state index contributed by atoms with van der Waals surface area (Å²) in [7, 11) is -2.29. The fraction of sp³-hybridized carbons (Fsp3) is 0.0204. The van der Waals surface area contributed by atoms with E-state index in [0.717, 1.165) is 5.75 Å². The third kappa shape index (κ3) is 8.27. The first kappa shape index (κ1) is 52.5. The first-order valence-corrected chi connectivity index (χ1v) is 21.8. The Morgan fingerprint density at radius 1 is 0.264 bits per heavy atom. The standard InChI is InChI=1S/C25H22OP.C24BF20/c1-21-17-19-22(20-18-21)26-27(23-11-5-2-6-12-23,24-13-7-3-8-14-24)25-15-9-4-10-16-25;26-5-1(6(27)14(35)21(42)13(5)34)25(2-7(28)15(36)22(43)16(37)8(2)29,3-9(30)17(38)23(44)18(39)10(3)31)4-11(32)19(40)24(45)20(41)12(4)33/h2-20H,1H3;/q+1;-1. The Morgan fingerprint density at radius 3 is 0.667 bits per heavy atom. The van der Waals surface area contributed by atoms with E-state index in [1.807, 2.05) is 0 Å². The Hall–Kier alpha value is -7.35. The summed E-state index contributed by atoms with van der Waals surface area (Å²) in [5.41, 5.74) is -13.1. The molecule has 0 fully saturated rings. The van der Waals surface area contributed by atoms with Crippen LogP contribution in [0.1, 0.15) is 5.56 Å². The second-order valence-electron chi connectivity index (χ2n) is 15.3. The minimum atomic E-state index is -7.22. The van der Waals surface area contributed by atoms with Gasteiger partial charge >= 0.3 is 0 Å². The average Bonchev–Trinajstić information content (AvgIpc) is 3.39. The van der Waals surface area contributed by atoms with E-state index in [9.17, 15) is 52.7 Å². The molecule has 23 heteroatoms. The molecule has 0 radical (unpaired) electrons. The molecule has 0 bridgehead atoms. The van der Waals surface area contributed by atoms with E-state index in [2.05, 4.69) is 122 Å². The van der Waals surface area contributed by atoms with Crippen LogP contribution >= 0.6 is 7.49 Å². The van der Waals surface area contributed by atoms with Gasteiger partial charge in [-0.15, -0.1) is 21.9 Å². The number of aryl methyl sites for hydroxylation is 1. The Morgan fingerprint density at radius 2 is 0.458 bits per heavy atom. The van der Waals surface area contributed by atoms with Crippen LogP contribution in [0.15, 0.2) is 115 Å². The van der Waals surface area contributed by atoms with Crippen molar-refractivity contribution < 1.29 is 92.3 Å². The Labute approximate surface area is 392 Å². The molecule has 0 saturated heterocycles. The zero-order valence-electron chi connectivity index (χ0n) is 35.5. The van der Waals surface area contributed by atoms with Gasteiger partial charge in [-0.3, -0.25) is 0 Å². The van der Waals surface area contributed by atoms with Crippen molar-refractivity contribution in [3.63, 3.8) is 0 Å². The normalized spacial score (nSPS) is 11.7. The molecular weight excluding hydrogens is 1030 g/mol. The van der Waals surface area contributed by atoms with Gasteiger partial charge < -0.3 is 4.52 Å². The molecular formula is C49H22BF20OP. The summed E-state index contributed by atoms with van der Waals surface area (Å²) in [4.78, 5) is 0. The highest BCUT2D eigenvalue weighted by molar-refractivity contribution is 7.92. The van der Waals surface area contributed by atoms with Crippen molar-refractivity contribution in [2.75, 3.05) is 0 Å². The van der Waals surface area contributed by atoms with Crippen LogP contribution in [0.4, 0.5) is 87.8 Å². The van der Waals surface area contributed by atoms with Crippen molar-refractivity contribution in [1.29, 1.82) is 0 Å². The van der Waals surface area contributed by atoms with Gasteiger partial charge in [-0.25, -0.2) is 87.8 Å². The summed E-state index contributed by atoms with van der Waals surface area (Å²) in [5, 5.41) is 3.63. The molecule has 8 aromatic rings. The minimum absolute atomic E-state index is 0.894. The molecule has 0 spiro atoms. The van der Waals surface area contributed by atoms with Gasteiger partial charge in [0.25, 0.3) is 7.49 Å². The molecule has 8 aromatic carbocycles. The number of halogens is 20. The van der Waals surface area contributed by atoms with Gasteiger partial charge in [0.1, 0.15) is 68.6 Å². The minimum Gasteiger partial charge on any atom is -0.334 e. The second-order valence-corrected chi connectivity index (χ2v) is 18.3. The Bertz CT molecular complexity index is 2900. The highest BCUT2D eigenvalue weighted by Crippen LogP contribution is 2.56. The van der Waals surface area contributed by atoms with E-state index in [0.29, 0.717) is 0 Å². The quantitative estimate of drug-likeness (QED) is 0.0460. The summed E-state index contributed by atoms with van der Waals surface area (Å²) in [5.74, 6) is -70.5. The van der Waals surface area contributed by atoms with Crippen LogP contribution in [0.3, 0.4) is 0 Å². The van der Waals surface area contributed by atoms with Crippen molar-refractivity contribution in [1.82, 2.24) is 0 Å². The van der Waals surface area contributed by atoms with E-state index in [4.69, 9.17) is 4.52 Å². The van der Waals surface area contributed by atoms with Crippen LogP contribution in [0.2, 0.25) is 0 Å². The maximum absolute atomic E-state index is 15.4. The topological polar surface area (TPSA) is 9.23 Å². The van der Waals surface area contributed by atoms with E-state index in [1.165, 1.54) is 21.5 Å². The lowest BCUT2D eigenvalue weighted by atomic mass is 9.12. The van der Waals surface area contributed by atoms with Crippen molar-refractivity contribution >= 4 is 51.4 Å². The van der Waals surface area contributed by atoms with Crippen LogP contribution in [-0.2, 0) is 0 Å². The summed E-state index contributed by atoms with van der Waals surface area (Å²) >= 11 is 0. The lowest BCUT2D eigenvalue weighted by Gasteiger charge is -2.44. The van der Waals surface area contributed by atoms with Gasteiger partial charge in [0.15, 0.2) is 75.6 Å². The molecule has 8 rings (SSSR count). The summed E-state index contributed by atoms with van der Waals surface area (Å²) in [6.07, 6.45) is -7.22. The lowest BCUT2D eigenvalue weighted by molar-refractivity contribution is 0.378. The first-order chi connectivity index (χ1) is 34.0. The van der Waals surface area contributed by atoms with Crippen LogP contribution in [0.5, 0.6) is 5.75 Å². The molecule has 1 nitrogen and oxygen atoms in total. The number of rotatable bonds is 9. The summed E-state index contributed by atoms with van der Waals surface area (Å²) in [6, 6.07) is 40.2. The molecule has 0 aromatic heterocycles. The molecule has 0 aliphatic rings. The van der Waals surface area contributed by atoms with Crippen LogP contribution in [0, 0.1) is 123 Å². The first-order valence-electron chi connectivity index (χ1n) is 20.0. The summed E-state index contributed by atoms with van der Waals surface area (Å²) < 4.78 is 301. The number of hydrogen-bond donors (Lipinski definition) is 0.